The van der Waals surface area contributed by atoms with E-state index < -0.39 is 0 Å². The first-order valence-electron chi connectivity index (χ1n) is 7.69. The molecule has 1 aliphatic rings. The number of hydrogen-bond donors (Lipinski definition) is 1. The van der Waals surface area contributed by atoms with Gasteiger partial charge < -0.3 is 10.1 Å². The maximum atomic E-state index is 5.50. The number of hydrogen-bond acceptors (Lipinski definition) is 7. The first-order valence-corrected chi connectivity index (χ1v) is 9.45. The molecule has 0 aromatic carbocycles. The molecule has 0 aliphatic carbocycles. The van der Waals surface area contributed by atoms with Gasteiger partial charge >= 0.3 is 0 Å². The average molecular weight is 346 g/mol. The van der Waals surface area contributed by atoms with E-state index in [2.05, 4.69) is 49.1 Å². The Morgan fingerprint density at radius 3 is 2.91 bits per heavy atom. The predicted molar refractivity (Wildman–Crippen MR) is 95.4 cm³/mol. The Hall–Kier alpha value is -1.54. The van der Waals surface area contributed by atoms with Crippen molar-refractivity contribution in [2.75, 3.05) is 38.2 Å². The van der Waals surface area contributed by atoms with Gasteiger partial charge in [0.15, 0.2) is 0 Å². The summed E-state index contributed by atoms with van der Waals surface area (Å²) in [6.07, 6.45) is 1.63. The molecule has 1 saturated heterocycles. The number of ether oxygens (including phenoxy) is 1. The van der Waals surface area contributed by atoms with Gasteiger partial charge in [-0.1, -0.05) is 6.07 Å². The summed E-state index contributed by atoms with van der Waals surface area (Å²) in [7, 11) is 0. The van der Waals surface area contributed by atoms with Crippen LogP contribution >= 0.6 is 22.7 Å². The van der Waals surface area contributed by atoms with Crippen LogP contribution in [0.2, 0.25) is 0 Å². The molecular weight excluding hydrogens is 328 g/mol. The summed E-state index contributed by atoms with van der Waals surface area (Å²) in [4.78, 5) is 13.6. The lowest BCUT2D eigenvalue weighted by Gasteiger charge is -2.34. The molecule has 120 valence electrons. The zero-order valence-corrected chi connectivity index (χ0v) is 14.3. The summed E-state index contributed by atoms with van der Waals surface area (Å²) >= 11 is 3.46. The third-order valence-electron chi connectivity index (χ3n) is 4.08. The second-order valence-corrected chi connectivity index (χ2v) is 7.30. The minimum atomic E-state index is 0.350. The van der Waals surface area contributed by atoms with E-state index in [9.17, 15) is 0 Å². The van der Waals surface area contributed by atoms with E-state index in [1.54, 1.807) is 17.7 Å². The highest BCUT2D eigenvalue weighted by Crippen LogP contribution is 2.28. The molecule has 0 spiro atoms. The average Bonchev–Trinajstić information content (AvgIpc) is 3.28. The molecule has 0 bridgehead atoms. The molecule has 3 aromatic heterocycles. The van der Waals surface area contributed by atoms with Gasteiger partial charge in [-0.25, -0.2) is 9.97 Å². The second kappa shape index (κ2) is 6.92. The van der Waals surface area contributed by atoms with Crippen molar-refractivity contribution in [2.45, 2.75) is 6.04 Å². The number of aromatic nitrogens is 2. The van der Waals surface area contributed by atoms with Crippen LogP contribution in [-0.2, 0) is 4.74 Å². The topological polar surface area (TPSA) is 50.3 Å². The molecule has 4 heterocycles. The number of nitrogens with one attached hydrogen (secondary N) is 1. The van der Waals surface area contributed by atoms with Gasteiger partial charge in [0.25, 0.3) is 0 Å². The van der Waals surface area contributed by atoms with E-state index in [0.29, 0.717) is 6.04 Å². The Morgan fingerprint density at radius 1 is 1.17 bits per heavy atom. The van der Waals surface area contributed by atoms with Gasteiger partial charge in [0.1, 0.15) is 17.0 Å². The molecule has 1 atom stereocenters. The number of nitrogens with zero attached hydrogens (tertiary/aromatic N) is 3. The maximum absolute atomic E-state index is 5.50. The first kappa shape index (κ1) is 15.0. The van der Waals surface area contributed by atoms with Crippen LogP contribution in [0.1, 0.15) is 10.9 Å². The van der Waals surface area contributed by atoms with E-state index in [1.165, 1.54) is 4.88 Å². The Bertz CT molecular complexity index is 752. The lowest BCUT2D eigenvalue weighted by atomic mass is 10.2. The summed E-state index contributed by atoms with van der Waals surface area (Å²) in [5.41, 5.74) is 0. The number of anilines is 1. The third kappa shape index (κ3) is 3.23. The standard InChI is InChI=1S/C16H18N4OS2/c1-2-14(22-8-1)13(20-4-6-21-7-5-20)10-17-15-12-3-9-23-16(12)19-11-18-15/h1-3,8-9,11,13H,4-7,10H2,(H,17,18,19). The highest BCUT2D eigenvalue weighted by Gasteiger charge is 2.23. The van der Waals surface area contributed by atoms with Crippen LogP contribution in [0.5, 0.6) is 0 Å². The molecular formula is C16H18N4OS2. The van der Waals surface area contributed by atoms with Crippen molar-refractivity contribution in [2.24, 2.45) is 0 Å². The van der Waals surface area contributed by atoms with Crippen molar-refractivity contribution in [3.05, 3.63) is 40.2 Å². The van der Waals surface area contributed by atoms with Gasteiger partial charge in [0, 0.05) is 24.5 Å². The minimum Gasteiger partial charge on any atom is -0.379 e. The van der Waals surface area contributed by atoms with Crippen molar-refractivity contribution in [3.63, 3.8) is 0 Å². The summed E-state index contributed by atoms with van der Waals surface area (Å²) in [5.74, 6) is 0.922. The third-order valence-corrected chi connectivity index (χ3v) is 5.88. The summed E-state index contributed by atoms with van der Waals surface area (Å²) in [6.45, 7) is 4.40. The Balaban J connectivity index is 1.54. The number of rotatable bonds is 5. The minimum absolute atomic E-state index is 0.350. The fraction of sp³-hybridized carbons (Fsp3) is 0.375. The normalized spacial score (nSPS) is 17.4. The quantitative estimate of drug-likeness (QED) is 0.769. The smallest absolute Gasteiger partial charge is 0.138 e. The molecule has 0 amide bonds. The second-order valence-electron chi connectivity index (χ2n) is 5.42. The molecule has 0 radical (unpaired) electrons. The SMILES string of the molecule is c1csc(C(CNc2ncnc3sccc23)N2CCOCC2)c1. The Kier molecular flexibility index (Phi) is 4.52. The van der Waals surface area contributed by atoms with Crippen LogP contribution in [0.4, 0.5) is 5.82 Å². The number of thiophene rings is 2. The Labute approximate surface area is 142 Å². The van der Waals surface area contributed by atoms with Gasteiger partial charge in [-0.15, -0.1) is 22.7 Å². The molecule has 1 fully saturated rings. The highest BCUT2D eigenvalue weighted by atomic mass is 32.1. The van der Waals surface area contributed by atoms with E-state index in [4.69, 9.17) is 4.74 Å². The molecule has 3 aromatic rings. The summed E-state index contributed by atoms with van der Waals surface area (Å²) < 4.78 is 5.50. The van der Waals surface area contributed by atoms with E-state index >= 15 is 0 Å². The lowest BCUT2D eigenvalue weighted by molar-refractivity contribution is 0.0194. The van der Waals surface area contributed by atoms with Gasteiger partial charge in [-0.05, 0) is 22.9 Å². The van der Waals surface area contributed by atoms with Crippen molar-refractivity contribution in [1.82, 2.24) is 14.9 Å². The maximum Gasteiger partial charge on any atom is 0.138 e. The van der Waals surface area contributed by atoms with Crippen LogP contribution in [-0.4, -0.2) is 47.7 Å². The molecule has 1 N–H and O–H groups in total. The van der Waals surface area contributed by atoms with Crippen LogP contribution in [0.15, 0.2) is 35.3 Å². The van der Waals surface area contributed by atoms with Crippen molar-refractivity contribution in [1.29, 1.82) is 0 Å². The van der Waals surface area contributed by atoms with Crippen LogP contribution < -0.4 is 5.32 Å². The monoisotopic (exact) mass is 346 g/mol. The molecule has 23 heavy (non-hydrogen) atoms. The highest BCUT2D eigenvalue weighted by molar-refractivity contribution is 7.16. The predicted octanol–water partition coefficient (Wildman–Crippen LogP) is 3.24. The van der Waals surface area contributed by atoms with Crippen LogP contribution in [0.25, 0.3) is 10.2 Å². The van der Waals surface area contributed by atoms with Gasteiger partial charge in [-0.3, -0.25) is 4.90 Å². The molecule has 0 saturated carbocycles. The molecule has 7 heteroatoms. The van der Waals surface area contributed by atoms with E-state index in [0.717, 1.165) is 48.9 Å². The van der Waals surface area contributed by atoms with Crippen LogP contribution in [0.3, 0.4) is 0 Å². The van der Waals surface area contributed by atoms with E-state index in [-0.39, 0.29) is 0 Å². The largest absolute Gasteiger partial charge is 0.379 e. The summed E-state index contributed by atoms with van der Waals surface area (Å²) in [6, 6.07) is 6.77. The summed E-state index contributed by atoms with van der Waals surface area (Å²) in [5, 5.41) is 8.84. The van der Waals surface area contributed by atoms with E-state index in [1.807, 2.05) is 11.3 Å². The van der Waals surface area contributed by atoms with Gasteiger partial charge in [0.2, 0.25) is 0 Å². The van der Waals surface area contributed by atoms with Crippen molar-refractivity contribution in [3.8, 4) is 0 Å². The van der Waals surface area contributed by atoms with Gasteiger partial charge in [-0.2, -0.15) is 0 Å². The first-order chi connectivity index (χ1) is 11.4. The van der Waals surface area contributed by atoms with Gasteiger partial charge in [0.05, 0.1) is 24.6 Å². The molecule has 4 rings (SSSR count). The number of fused-ring (bicyclic) bond motifs is 1. The zero-order valence-electron chi connectivity index (χ0n) is 12.6. The van der Waals surface area contributed by atoms with Crippen molar-refractivity contribution < 1.29 is 4.74 Å². The fourth-order valence-corrected chi connectivity index (χ4v) is 4.50. The lowest BCUT2D eigenvalue weighted by Crippen LogP contribution is -2.41. The molecule has 5 nitrogen and oxygen atoms in total. The molecule has 1 unspecified atom stereocenters. The Morgan fingerprint density at radius 2 is 2.09 bits per heavy atom. The van der Waals surface area contributed by atoms with Crippen molar-refractivity contribution >= 4 is 38.7 Å². The number of morpholine rings is 1. The zero-order chi connectivity index (χ0) is 15.5. The van der Waals surface area contributed by atoms with Crippen LogP contribution in [0, 0.1) is 0 Å². The molecule has 1 aliphatic heterocycles. The fourth-order valence-electron chi connectivity index (χ4n) is 2.90.